The van der Waals surface area contributed by atoms with Gasteiger partial charge < -0.3 is 10.6 Å². The molecule has 26 heavy (non-hydrogen) atoms. The molecule has 7 heteroatoms. The molecule has 0 saturated carbocycles. The average molecular weight is 411 g/mol. The molecule has 2 aromatic carbocycles. The van der Waals surface area contributed by atoms with Crippen molar-refractivity contribution in [3.63, 3.8) is 0 Å². The highest BCUT2D eigenvalue weighted by molar-refractivity contribution is 7.98. The Bertz CT molecular complexity index is 784. The van der Waals surface area contributed by atoms with Crippen molar-refractivity contribution in [1.82, 2.24) is 10.6 Å². The first-order chi connectivity index (χ1) is 12.5. The molecule has 0 bridgehead atoms. The predicted molar refractivity (Wildman–Crippen MR) is 108 cm³/mol. The SMILES string of the molecule is CCCNC(=O)CNC(=O)c1cccc(CSc2cc(Cl)ccc2Cl)c1. The summed E-state index contributed by atoms with van der Waals surface area (Å²) >= 11 is 13.7. The zero-order valence-corrected chi connectivity index (χ0v) is 16.7. The maximum Gasteiger partial charge on any atom is 0.251 e. The van der Waals surface area contributed by atoms with Crippen LogP contribution in [0, 0.1) is 0 Å². The first kappa shape index (κ1) is 20.6. The standard InChI is InChI=1S/C19H20Cl2N2O2S/c1-2-8-22-18(24)11-23-19(25)14-5-3-4-13(9-14)12-26-17-10-15(20)6-7-16(17)21/h3-7,9-10H,2,8,11-12H2,1H3,(H,22,24)(H,23,25). The number of hydrogen-bond donors (Lipinski definition) is 2. The van der Waals surface area contributed by atoms with Crippen LogP contribution in [0.1, 0.15) is 29.3 Å². The summed E-state index contributed by atoms with van der Waals surface area (Å²) in [6.07, 6.45) is 0.857. The lowest BCUT2D eigenvalue weighted by Crippen LogP contribution is -2.37. The summed E-state index contributed by atoms with van der Waals surface area (Å²) in [4.78, 5) is 24.7. The highest BCUT2D eigenvalue weighted by Crippen LogP contribution is 2.32. The third-order valence-corrected chi connectivity index (χ3v) is 5.26. The van der Waals surface area contributed by atoms with Crippen molar-refractivity contribution in [1.29, 1.82) is 0 Å². The fourth-order valence-corrected chi connectivity index (χ4v) is 3.58. The van der Waals surface area contributed by atoms with Gasteiger partial charge in [-0.25, -0.2) is 0 Å². The van der Waals surface area contributed by atoms with E-state index in [0.717, 1.165) is 16.9 Å². The van der Waals surface area contributed by atoms with Gasteiger partial charge in [0.05, 0.1) is 11.6 Å². The van der Waals surface area contributed by atoms with Gasteiger partial charge in [0, 0.05) is 27.8 Å². The molecule has 0 aromatic heterocycles. The largest absolute Gasteiger partial charge is 0.355 e. The number of thioether (sulfide) groups is 1. The first-order valence-electron chi connectivity index (χ1n) is 8.21. The van der Waals surface area contributed by atoms with E-state index in [1.807, 2.05) is 31.2 Å². The molecule has 0 aliphatic carbocycles. The Morgan fingerprint density at radius 3 is 2.65 bits per heavy atom. The highest BCUT2D eigenvalue weighted by Gasteiger charge is 2.09. The number of rotatable bonds is 8. The minimum atomic E-state index is -0.274. The van der Waals surface area contributed by atoms with Crippen LogP contribution < -0.4 is 10.6 Å². The Balaban J connectivity index is 1.93. The Morgan fingerprint density at radius 1 is 1.08 bits per heavy atom. The predicted octanol–water partition coefficient (Wildman–Crippen LogP) is 4.54. The van der Waals surface area contributed by atoms with Gasteiger partial charge >= 0.3 is 0 Å². The molecule has 0 fully saturated rings. The van der Waals surface area contributed by atoms with E-state index in [1.54, 1.807) is 30.0 Å². The summed E-state index contributed by atoms with van der Waals surface area (Å²) < 4.78 is 0. The lowest BCUT2D eigenvalue weighted by Gasteiger charge is -2.08. The van der Waals surface area contributed by atoms with Crippen LogP contribution in [0.5, 0.6) is 0 Å². The molecule has 4 nitrogen and oxygen atoms in total. The fourth-order valence-electron chi connectivity index (χ4n) is 2.14. The van der Waals surface area contributed by atoms with Crippen molar-refractivity contribution in [3.05, 3.63) is 63.6 Å². The number of amides is 2. The van der Waals surface area contributed by atoms with E-state index in [1.165, 1.54) is 0 Å². The quantitative estimate of drug-likeness (QED) is 0.627. The first-order valence-corrected chi connectivity index (χ1v) is 9.95. The van der Waals surface area contributed by atoms with E-state index in [9.17, 15) is 9.59 Å². The number of carbonyl (C=O) groups excluding carboxylic acids is 2. The average Bonchev–Trinajstić information content (AvgIpc) is 2.65. The van der Waals surface area contributed by atoms with E-state index < -0.39 is 0 Å². The van der Waals surface area contributed by atoms with E-state index in [4.69, 9.17) is 23.2 Å². The van der Waals surface area contributed by atoms with E-state index in [0.29, 0.717) is 27.9 Å². The van der Waals surface area contributed by atoms with Crippen molar-refractivity contribution in [2.75, 3.05) is 13.1 Å². The Hall–Kier alpha value is -1.69. The molecule has 2 rings (SSSR count). The van der Waals surface area contributed by atoms with Crippen LogP contribution >= 0.6 is 35.0 Å². The molecule has 138 valence electrons. The summed E-state index contributed by atoms with van der Waals surface area (Å²) in [6, 6.07) is 12.6. The van der Waals surface area contributed by atoms with Crippen LogP contribution in [0.2, 0.25) is 10.0 Å². The molecule has 0 heterocycles. The van der Waals surface area contributed by atoms with E-state index in [-0.39, 0.29) is 18.4 Å². The normalized spacial score (nSPS) is 10.4. The Morgan fingerprint density at radius 2 is 1.88 bits per heavy atom. The number of hydrogen-bond acceptors (Lipinski definition) is 3. The van der Waals surface area contributed by atoms with Crippen molar-refractivity contribution >= 4 is 46.8 Å². The second-order valence-electron chi connectivity index (χ2n) is 5.60. The number of nitrogens with one attached hydrogen (secondary N) is 2. The van der Waals surface area contributed by atoms with Gasteiger partial charge in [-0.15, -0.1) is 11.8 Å². The summed E-state index contributed by atoms with van der Waals surface area (Å²) in [7, 11) is 0. The molecule has 0 saturated heterocycles. The monoisotopic (exact) mass is 410 g/mol. The van der Waals surface area contributed by atoms with Crippen LogP contribution in [-0.2, 0) is 10.5 Å². The van der Waals surface area contributed by atoms with Crippen molar-refractivity contribution in [3.8, 4) is 0 Å². The fraction of sp³-hybridized carbons (Fsp3) is 0.263. The topological polar surface area (TPSA) is 58.2 Å². The molecule has 0 spiro atoms. The van der Waals surface area contributed by atoms with Gasteiger partial charge in [0.1, 0.15) is 0 Å². The third-order valence-electron chi connectivity index (χ3n) is 3.46. The summed E-state index contributed by atoms with van der Waals surface area (Å²) in [5.74, 6) is 0.185. The maximum absolute atomic E-state index is 12.2. The third kappa shape index (κ3) is 6.56. The number of halogens is 2. The summed E-state index contributed by atoms with van der Waals surface area (Å²) in [6.45, 7) is 2.54. The Labute approximate surface area is 167 Å². The maximum atomic E-state index is 12.2. The smallest absolute Gasteiger partial charge is 0.251 e. The number of benzene rings is 2. The van der Waals surface area contributed by atoms with E-state index >= 15 is 0 Å². The molecule has 2 N–H and O–H groups in total. The van der Waals surface area contributed by atoms with Crippen molar-refractivity contribution in [2.24, 2.45) is 0 Å². The van der Waals surface area contributed by atoms with Gasteiger partial charge in [-0.1, -0.05) is 42.3 Å². The van der Waals surface area contributed by atoms with Crippen LogP contribution in [0.3, 0.4) is 0 Å². The number of carbonyl (C=O) groups is 2. The highest BCUT2D eigenvalue weighted by atomic mass is 35.5. The zero-order valence-electron chi connectivity index (χ0n) is 14.4. The zero-order chi connectivity index (χ0) is 18.9. The molecule has 0 unspecified atom stereocenters. The molecule has 0 radical (unpaired) electrons. The van der Waals surface area contributed by atoms with Gasteiger partial charge in [0.25, 0.3) is 5.91 Å². The lowest BCUT2D eigenvalue weighted by molar-refractivity contribution is -0.120. The van der Waals surface area contributed by atoms with Crippen LogP contribution in [-0.4, -0.2) is 24.9 Å². The lowest BCUT2D eigenvalue weighted by atomic mass is 10.1. The molecule has 2 amide bonds. The minimum Gasteiger partial charge on any atom is -0.355 e. The summed E-state index contributed by atoms with van der Waals surface area (Å²) in [5, 5.41) is 6.62. The minimum absolute atomic E-state index is 0.0318. The summed E-state index contributed by atoms with van der Waals surface area (Å²) in [5.41, 5.74) is 1.50. The van der Waals surface area contributed by atoms with Crippen molar-refractivity contribution < 1.29 is 9.59 Å². The van der Waals surface area contributed by atoms with Gasteiger partial charge in [0.2, 0.25) is 5.91 Å². The molecule has 0 atom stereocenters. The van der Waals surface area contributed by atoms with Crippen LogP contribution in [0.25, 0.3) is 0 Å². The molecular formula is C19H20Cl2N2O2S. The Kier molecular flexibility index (Phi) is 8.29. The molecule has 0 aliphatic rings. The van der Waals surface area contributed by atoms with Crippen LogP contribution in [0.15, 0.2) is 47.4 Å². The van der Waals surface area contributed by atoms with Gasteiger partial charge in [-0.3, -0.25) is 9.59 Å². The van der Waals surface area contributed by atoms with Gasteiger partial charge in [-0.2, -0.15) is 0 Å². The van der Waals surface area contributed by atoms with Crippen molar-refractivity contribution in [2.45, 2.75) is 24.0 Å². The molecule has 2 aromatic rings. The molecule has 0 aliphatic heterocycles. The van der Waals surface area contributed by atoms with E-state index in [2.05, 4.69) is 10.6 Å². The second-order valence-corrected chi connectivity index (χ2v) is 7.46. The van der Waals surface area contributed by atoms with Crippen LogP contribution in [0.4, 0.5) is 0 Å². The molecular weight excluding hydrogens is 391 g/mol. The second kappa shape index (κ2) is 10.5. The van der Waals surface area contributed by atoms with Gasteiger partial charge in [0.15, 0.2) is 0 Å². The van der Waals surface area contributed by atoms with Gasteiger partial charge in [-0.05, 0) is 42.3 Å².